The Morgan fingerprint density at radius 2 is 1.89 bits per heavy atom. The molecule has 1 aliphatic heterocycles. The third-order valence-corrected chi connectivity index (χ3v) is 8.09. The maximum atomic E-state index is 12.3. The number of carbonyl (C=O) groups is 1. The van der Waals surface area contributed by atoms with Gasteiger partial charge >= 0.3 is 0 Å². The number of hydrogen-bond acceptors (Lipinski definition) is 10. The molecule has 0 unspecified atom stereocenters. The second kappa shape index (κ2) is 13.6. The van der Waals surface area contributed by atoms with Crippen LogP contribution in [0.4, 0.5) is 11.4 Å². The molecule has 2 heterocycles. The normalized spacial score (nSPS) is 15.8. The maximum Gasteiger partial charge on any atom is 0.228 e. The summed E-state index contributed by atoms with van der Waals surface area (Å²) in [5, 5.41) is 9.06. The number of benzene rings is 2. The Labute approximate surface area is 264 Å². The molecule has 2 aromatic carbocycles. The lowest BCUT2D eigenvalue weighted by Crippen LogP contribution is -2.44. The van der Waals surface area contributed by atoms with E-state index in [0.29, 0.717) is 34.4 Å². The predicted octanol–water partition coefficient (Wildman–Crippen LogP) is 3.59. The number of carbonyl (C=O) groups excluding carboxylic acids is 1. The molecule has 236 valence electrons. The Bertz CT molecular complexity index is 1640. The number of nitrogen functional groups attached to an aromatic ring is 1. The van der Waals surface area contributed by atoms with Gasteiger partial charge in [-0.05, 0) is 48.2 Å². The van der Waals surface area contributed by atoms with Gasteiger partial charge in [0, 0.05) is 62.0 Å². The van der Waals surface area contributed by atoms with E-state index in [0.717, 1.165) is 66.3 Å². The minimum absolute atomic E-state index is 0.0109. The number of ether oxygens (including phenoxy) is 2. The molecule has 11 nitrogen and oxygen atoms in total. The van der Waals surface area contributed by atoms with Crippen LogP contribution in [0, 0.1) is 5.92 Å². The summed E-state index contributed by atoms with van der Waals surface area (Å²) < 4.78 is 11.8. The Kier molecular flexibility index (Phi) is 9.48. The zero-order valence-corrected chi connectivity index (χ0v) is 26.0. The zero-order valence-electron chi connectivity index (χ0n) is 26.0. The number of methoxy groups -OCH3 is 2. The molecule has 0 atom stereocenters. The topological polar surface area (TPSA) is 166 Å². The fourth-order valence-electron chi connectivity index (χ4n) is 5.41. The maximum absolute atomic E-state index is 12.3. The number of aromatic nitrogens is 1. The highest BCUT2D eigenvalue weighted by atomic mass is 16.5. The molecule has 9 N–H and O–H groups in total. The summed E-state index contributed by atoms with van der Waals surface area (Å²) in [6, 6.07) is 15.8. The number of likely N-dealkylation sites (N-methyl/N-ethyl adjacent to an activating group) is 1. The third-order valence-electron chi connectivity index (χ3n) is 8.09. The van der Waals surface area contributed by atoms with Crippen molar-refractivity contribution in [2.24, 2.45) is 17.4 Å². The quantitative estimate of drug-likeness (QED) is 0.158. The van der Waals surface area contributed by atoms with Crippen molar-refractivity contribution < 1.29 is 14.3 Å². The highest BCUT2D eigenvalue weighted by molar-refractivity contribution is 5.83. The minimum atomic E-state index is -0.0981. The average Bonchev–Trinajstić information content (AvgIpc) is 3.87. The molecule has 45 heavy (non-hydrogen) atoms. The van der Waals surface area contributed by atoms with Gasteiger partial charge in [0.25, 0.3) is 0 Å². The van der Waals surface area contributed by atoms with Gasteiger partial charge in [-0.2, -0.15) is 0 Å². The Morgan fingerprint density at radius 3 is 2.56 bits per heavy atom. The van der Waals surface area contributed by atoms with Crippen molar-refractivity contribution >= 4 is 17.3 Å². The van der Waals surface area contributed by atoms with E-state index in [4.69, 9.17) is 26.7 Å². The van der Waals surface area contributed by atoms with Gasteiger partial charge < -0.3 is 42.6 Å². The first-order valence-electron chi connectivity index (χ1n) is 14.9. The van der Waals surface area contributed by atoms with Crippen LogP contribution in [-0.4, -0.2) is 50.1 Å². The van der Waals surface area contributed by atoms with Crippen molar-refractivity contribution in [2.75, 3.05) is 45.4 Å². The van der Waals surface area contributed by atoms with E-state index < -0.39 is 0 Å². The predicted molar refractivity (Wildman–Crippen MR) is 178 cm³/mol. The van der Waals surface area contributed by atoms with Crippen molar-refractivity contribution in [2.45, 2.75) is 25.3 Å². The fraction of sp³-hybridized carbons (Fsp3) is 0.294. The van der Waals surface area contributed by atoms with Gasteiger partial charge in [-0.1, -0.05) is 30.8 Å². The molecule has 0 spiro atoms. The van der Waals surface area contributed by atoms with Gasteiger partial charge in [-0.25, -0.2) is 0 Å². The number of rotatable bonds is 13. The minimum Gasteiger partial charge on any atom is -0.496 e. The number of likely N-dealkylation sites (tertiary alicyclic amines) is 1. The van der Waals surface area contributed by atoms with Gasteiger partial charge in [-0.15, -0.1) is 0 Å². The van der Waals surface area contributed by atoms with Crippen LogP contribution in [0.1, 0.15) is 30.0 Å². The highest BCUT2D eigenvalue weighted by Gasteiger charge is 2.31. The van der Waals surface area contributed by atoms with Crippen molar-refractivity contribution in [1.82, 2.24) is 20.5 Å². The van der Waals surface area contributed by atoms with Crippen LogP contribution >= 0.6 is 0 Å². The Morgan fingerprint density at radius 1 is 1.11 bits per heavy atom. The average molecular weight is 611 g/mol. The van der Waals surface area contributed by atoms with E-state index in [9.17, 15) is 4.79 Å². The molecular formula is C34H42N8O3. The van der Waals surface area contributed by atoms with Crippen LogP contribution in [0.3, 0.4) is 0 Å². The largest absolute Gasteiger partial charge is 0.496 e. The van der Waals surface area contributed by atoms with E-state index in [1.165, 1.54) is 0 Å². The lowest BCUT2D eigenvalue weighted by atomic mass is 9.89. The van der Waals surface area contributed by atoms with Crippen LogP contribution in [-0.2, 0) is 11.3 Å². The number of anilines is 2. The van der Waals surface area contributed by atoms with E-state index in [1.54, 1.807) is 39.6 Å². The first kappa shape index (κ1) is 31.3. The number of allylic oxidation sites excluding steroid dienone is 1. The number of hydrogen-bond donors (Lipinski definition) is 6. The summed E-state index contributed by atoms with van der Waals surface area (Å²) in [5.41, 5.74) is 25.1. The van der Waals surface area contributed by atoms with Crippen LogP contribution < -0.4 is 42.6 Å². The lowest BCUT2D eigenvalue weighted by Gasteiger charge is -2.40. The molecule has 2 fully saturated rings. The standard InChI is InChI=1S/C34H42N8O3/c1-20(38-2)32(37)29(16-31(36)41-34(43)21-8-9-21)40-28-7-5-6-27(33(28)45-4)22-10-11-26(30(14-22)44-3)23-17-42(18-23)19-25-15-24(35)12-13-39-25/h5-7,10-16,21,23,38,40H,1,8-9,17-19,36-37H2,2-4H3,(H2,35,39)(H,41,43)/b31-16+,32-29+. The Balaban J connectivity index is 1.38. The van der Waals surface area contributed by atoms with E-state index in [2.05, 4.69) is 44.5 Å². The summed E-state index contributed by atoms with van der Waals surface area (Å²) >= 11 is 0. The van der Waals surface area contributed by atoms with Crippen molar-refractivity contribution in [3.05, 3.63) is 102 Å². The van der Waals surface area contributed by atoms with E-state index in [1.807, 2.05) is 30.3 Å². The molecule has 0 bridgehead atoms. The summed E-state index contributed by atoms with van der Waals surface area (Å²) in [7, 11) is 5.04. The smallest absolute Gasteiger partial charge is 0.228 e. The Hall–Kier alpha value is -5.16. The molecule has 1 amide bonds. The van der Waals surface area contributed by atoms with Crippen LogP contribution in [0.5, 0.6) is 11.5 Å². The van der Waals surface area contributed by atoms with Crippen molar-refractivity contribution in [3.8, 4) is 22.6 Å². The third kappa shape index (κ3) is 7.32. The van der Waals surface area contributed by atoms with Crippen LogP contribution in [0.25, 0.3) is 11.1 Å². The number of pyridine rings is 1. The number of para-hydroxylation sites is 1. The van der Waals surface area contributed by atoms with Gasteiger partial charge in [0.05, 0.1) is 42.7 Å². The number of nitrogens with one attached hydrogen (secondary N) is 3. The number of nitrogens with two attached hydrogens (primary N) is 3. The van der Waals surface area contributed by atoms with E-state index in [-0.39, 0.29) is 17.6 Å². The lowest BCUT2D eigenvalue weighted by molar-refractivity contribution is -0.121. The van der Waals surface area contributed by atoms with Gasteiger partial charge in [0.2, 0.25) is 5.91 Å². The van der Waals surface area contributed by atoms with Crippen LogP contribution in [0.15, 0.2) is 90.3 Å². The number of amides is 1. The number of nitrogens with zero attached hydrogens (tertiary/aromatic N) is 2. The van der Waals surface area contributed by atoms with Crippen molar-refractivity contribution in [1.29, 1.82) is 0 Å². The van der Waals surface area contributed by atoms with Gasteiger partial charge in [-0.3, -0.25) is 14.7 Å². The SMILES string of the molecule is C=C(NC)/C(N)=C(/C=C(\N)NC(=O)C1CC1)Nc1cccc(-c2ccc(C3CN(Cc4cc(N)ccn4)C3)c(OC)c2)c1OC. The first-order valence-corrected chi connectivity index (χ1v) is 14.9. The molecule has 2 aliphatic rings. The fourth-order valence-corrected chi connectivity index (χ4v) is 5.41. The first-order chi connectivity index (χ1) is 21.7. The molecular weight excluding hydrogens is 568 g/mol. The molecule has 11 heteroatoms. The van der Waals surface area contributed by atoms with Gasteiger partial charge in [0.15, 0.2) is 0 Å². The molecule has 3 aromatic rings. The van der Waals surface area contributed by atoms with Crippen LogP contribution in [0.2, 0.25) is 0 Å². The summed E-state index contributed by atoms with van der Waals surface area (Å²) in [6.45, 7) is 6.55. The second-order valence-corrected chi connectivity index (χ2v) is 11.4. The molecule has 1 aromatic heterocycles. The molecule has 5 rings (SSSR count). The summed E-state index contributed by atoms with van der Waals surface area (Å²) in [5.74, 6) is 1.85. The molecule has 1 aliphatic carbocycles. The molecule has 1 saturated heterocycles. The zero-order chi connectivity index (χ0) is 32.1. The molecule has 0 radical (unpaired) electrons. The monoisotopic (exact) mass is 610 g/mol. The molecule has 1 saturated carbocycles. The summed E-state index contributed by atoms with van der Waals surface area (Å²) in [6.07, 6.45) is 5.08. The van der Waals surface area contributed by atoms with Gasteiger partial charge in [0.1, 0.15) is 17.3 Å². The summed E-state index contributed by atoms with van der Waals surface area (Å²) in [4.78, 5) is 19.1. The highest BCUT2D eigenvalue weighted by Crippen LogP contribution is 2.41. The van der Waals surface area contributed by atoms with Crippen molar-refractivity contribution in [3.63, 3.8) is 0 Å². The second-order valence-electron chi connectivity index (χ2n) is 11.4. The van der Waals surface area contributed by atoms with E-state index >= 15 is 0 Å².